The van der Waals surface area contributed by atoms with Crippen LogP contribution in [0.4, 0.5) is 10.5 Å². The summed E-state index contributed by atoms with van der Waals surface area (Å²) in [5, 5.41) is 2.96. The highest BCUT2D eigenvalue weighted by Gasteiger charge is 2.50. The van der Waals surface area contributed by atoms with Crippen molar-refractivity contribution < 1.29 is 14.3 Å². The van der Waals surface area contributed by atoms with Crippen LogP contribution >= 0.6 is 0 Å². The van der Waals surface area contributed by atoms with E-state index in [0.717, 1.165) is 50.9 Å². The molecular formula is C21H29N3O3. The van der Waals surface area contributed by atoms with Gasteiger partial charge in [-0.15, -0.1) is 0 Å². The molecule has 146 valence electrons. The minimum atomic E-state index is -0.296. The highest BCUT2D eigenvalue weighted by Crippen LogP contribution is 2.43. The molecule has 0 aliphatic carbocycles. The summed E-state index contributed by atoms with van der Waals surface area (Å²) in [5.41, 5.74) is 0.549. The van der Waals surface area contributed by atoms with E-state index in [-0.39, 0.29) is 29.6 Å². The Morgan fingerprint density at radius 3 is 2.52 bits per heavy atom. The second-order valence-corrected chi connectivity index (χ2v) is 8.14. The third-order valence-corrected chi connectivity index (χ3v) is 6.41. The lowest BCUT2D eigenvalue weighted by Gasteiger charge is -2.44. The number of rotatable bonds is 2. The molecule has 0 bridgehead atoms. The van der Waals surface area contributed by atoms with Gasteiger partial charge in [0.05, 0.1) is 5.60 Å². The number of amides is 3. The number of hydrogen-bond acceptors (Lipinski definition) is 3. The molecule has 1 N–H and O–H groups in total. The van der Waals surface area contributed by atoms with Crippen LogP contribution in [0.3, 0.4) is 0 Å². The van der Waals surface area contributed by atoms with Crippen molar-refractivity contribution in [1.29, 1.82) is 0 Å². The van der Waals surface area contributed by atoms with Crippen LogP contribution in [0.2, 0.25) is 0 Å². The molecule has 3 aliphatic heterocycles. The largest absolute Gasteiger partial charge is 0.362 e. The molecule has 1 spiro atoms. The SMILES string of the molecule is C[C@@H]1CN(C(=O)Nc2ccccc2)CC[C@]12CC[C@@H](C(=O)N1CCCC1)O2. The predicted molar refractivity (Wildman–Crippen MR) is 103 cm³/mol. The van der Waals surface area contributed by atoms with Gasteiger partial charge in [-0.05, 0) is 44.2 Å². The van der Waals surface area contributed by atoms with Crippen LogP contribution in [-0.4, -0.2) is 59.6 Å². The molecule has 6 nitrogen and oxygen atoms in total. The maximum absolute atomic E-state index is 12.7. The summed E-state index contributed by atoms with van der Waals surface area (Å²) < 4.78 is 6.37. The number of carbonyl (C=O) groups excluding carboxylic acids is 2. The minimum absolute atomic E-state index is 0.0643. The lowest BCUT2D eigenvalue weighted by Crippen LogP contribution is -2.54. The summed E-state index contributed by atoms with van der Waals surface area (Å²) in [5.74, 6) is 0.380. The number of likely N-dealkylation sites (tertiary alicyclic amines) is 2. The van der Waals surface area contributed by atoms with Crippen LogP contribution in [0.15, 0.2) is 30.3 Å². The highest BCUT2D eigenvalue weighted by atomic mass is 16.5. The van der Waals surface area contributed by atoms with Crippen LogP contribution in [0.25, 0.3) is 0 Å². The van der Waals surface area contributed by atoms with Gasteiger partial charge >= 0.3 is 6.03 Å². The van der Waals surface area contributed by atoms with Gasteiger partial charge in [-0.3, -0.25) is 4.79 Å². The standard InChI is InChI=1S/C21H29N3O3/c1-16-15-24(20(26)22-17-7-3-2-4-8-17)14-11-21(16)10-9-18(27-21)19(25)23-12-5-6-13-23/h2-4,7-8,16,18H,5-6,9-15H2,1H3,(H,22,26)/t16-,18+,21-/m1/s1. The summed E-state index contributed by atoms with van der Waals surface area (Å²) in [7, 11) is 0. The molecule has 1 aromatic rings. The van der Waals surface area contributed by atoms with E-state index in [1.165, 1.54) is 0 Å². The Hall–Kier alpha value is -2.08. The van der Waals surface area contributed by atoms with Crippen molar-refractivity contribution in [3.05, 3.63) is 30.3 Å². The molecule has 0 aromatic heterocycles. The lowest BCUT2D eigenvalue weighted by atomic mass is 9.80. The van der Waals surface area contributed by atoms with Crippen molar-refractivity contribution in [2.24, 2.45) is 5.92 Å². The quantitative estimate of drug-likeness (QED) is 0.869. The van der Waals surface area contributed by atoms with E-state index < -0.39 is 0 Å². The number of piperidine rings is 1. The summed E-state index contributed by atoms with van der Waals surface area (Å²) in [6.07, 6.45) is 4.41. The molecule has 3 fully saturated rings. The molecule has 3 aliphatic rings. The first-order chi connectivity index (χ1) is 13.1. The van der Waals surface area contributed by atoms with Gasteiger partial charge in [-0.1, -0.05) is 25.1 Å². The number of hydrogen-bond donors (Lipinski definition) is 1. The predicted octanol–water partition coefficient (Wildman–Crippen LogP) is 3.10. The molecule has 27 heavy (non-hydrogen) atoms. The zero-order valence-electron chi connectivity index (χ0n) is 16.0. The molecule has 4 rings (SSSR count). The molecule has 6 heteroatoms. The van der Waals surface area contributed by atoms with Crippen LogP contribution < -0.4 is 5.32 Å². The fourth-order valence-electron chi connectivity index (χ4n) is 4.71. The Bertz CT molecular complexity index is 689. The average molecular weight is 371 g/mol. The molecule has 3 saturated heterocycles. The Balaban J connectivity index is 1.34. The smallest absolute Gasteiger partial charge is 0.321 e. The van der Waals surface area contributed by atoms with Gasteiger partial charge in [0.2, 0.25) is 0 Å². The molecule has 0 saturated carbocycles. The number of ether oxygens (including phenoxy) is 1. The van der Waals surface area contributed by atoms with Crippen LogP contribution in [0.5, 0.6) is 0 Å². The Labute approximate surface area is 160 Å². The van der Waals surface area contributed by atoms with Gasteiger partial charge in [0, 0.05) is 37.8 Å². The molecule has 0 radical (unpaired) electrons. The molecule has 0 unspecified atom stereocenters. The van der Waals surface area contributed by atoms with Crippen LogP contribution in [0, 0.1) is 5.92 Å². The van der Waals surface area contributed by atoms with Crippen molar-refractivity contribution >= 4 is 17.6 Å². The average Bonchev–Trinajstić information content (AvgIpc) is 3.35. The van der Waals surface area contributed by atoms with Gasteiger partial charge in [0.1, 0.15) is 6.10 Å². The first-order valence-electron chi connectivity index (χ1n) is 10.1. The first kappa shape index (κ1) is 18.3. The Morgan fingerprint density at radius 1 is 1.07 bits per heavy atom. The molecule has 3 heterocycles. The van der Waals surface area contributed by atoms with Crippen molar-refractivity contribution in [3.63, 3.8) is 0 Å². The number of para-hydroxylation sites is 1. The second kappa shape index (κ2) is 7.50. The zero-order chi connectivity index (χ0) is 18.9. The van der Waals surface area contributed by atoms with Crippen molar-refractivity contribution in [2.45, 2.75) is 50.7 Å². The van der Waals surface area contributed by atoms with Crippen LogP contribution in [0.1, 0.15) is 39.0 Å². The van der Waals surface area contributed by atoms with Crippen molar-refractivity contribution in [3.8, 4) is 0 Å². The van der Waals surface area contributed by atoms with Gasteiger partial charge in [-0.25, -0.2) is 4.79 Å². The fourth-order valence-corrected chi connectivity index (χ4v) is 4.71. The minimum Gasteiger partial charge on any atom is -0.362 e. The lowest BCUT2D eigenvalue weighted by molar-refractivity contribution is -0.154. The van der Waals surface area contributed by atoms with Gasteiger partial charge in [0.25, 0.3) is 5.91 Å². The summed E-state index contributed by atoms with van der Waals surface area (Å²) in [4.78, 5) is 29.1. The van der Waals surface area contributed by atoms with E-state index in [2.05, 4.69) is 12.2 Å². The van der Waals surface area contributed by atoms with Crippen LogP contribution in [-0.2, 0) is 9.53 Å². The molecule has 1 aromatic carbocycles. The summed E-state index contributed by atoms with van der Waals surface area (Å²) in [6, 6.07) is 9.47. The second-order valence-electron chi connectivity index (χ2n) is 8.14. The number of anilines is 1. The summed E-state index contributed by atoms with van der Waals surface area (Å²) >= 11 is 0. The van der Waals surface area contributed by atoms with Gasteiger partial charge < -0.3 is 19.9 Å². The third-order valence-electron chi connectivity index (χ3n) is 6.41. The third kappa shape index (κ3) is 3.68. The maximum Gasteiger partial charge on any atom is 0.321 e. The molecular weight excluding hydrogens is 342 g/mol. The normalized spacial score (nSPS) is 30.7. The van der Waals surface area contributed by atoms with Gasteiger partial charge in [0.15, 0.2) is 0 Å². The number of benzene rings is 1. The van der Waals surface area contributed by atoms with Crippen molar-refractivity contribution in [1.82, 2.24) is 9.80 Å². The number of nitrogens with one attached hydrogen (secondary N) is 1. The first-order valence-corrected chi connectivity index (χ1v) is 10.1. The van der Waals surface area contributed by atoms with E-state index in [1.54, 1.807) is 0 Å². The Kier molecular flexibility index (Phi) is 5.08. The summed E-state index contributed by atoms with van der Waals surface area (Å²) in [6.45, 7) is 5.20. The van der Waals surface area contributed by atoms with E-state index in [1.807, 2.05) is 40.1 Å². The van der Waals surface area contributed by atoms with Crippen molar-refractivity contribution in [2.75, 3.05) is 31.5 Å². The molecule has 3 amide bonds. The molecule has 3 atom stereocenters. The Morgan fingerprint density at radius 2 is 1.81 bits per heavy atom. The highest BCUT2D eigenvalue weighted by molar-refractivity contribution is 5.89. The maximum atomic E-state index is 12.7. The van der Waals surface area contributed by atoms with Gasteiger partial charge in [-0.2, -0.15) is 0 Å². The fraction of sp³-hybridized carbons (Fsp3) is 0.619. The van der Waals surface area contributed by atoms with E-state index >= 15 is 0 Å². The zero-order valence-corrected chi connectivity index (χ0v) is 16.0. The topological polar surface area (TPSA) is 61.9 Å². The number of carbonyl (C=O) groups is 2. The number of urea groups is 1. The number of nitrogens with zero attached hydrogens (tertiary/aromatic N) is 2. The van der Waals surface area contributed by atoms with E-state index in [4.69, 9.17) is 4.74 Å². The monoisotopic (exact) mass is 371 g/mol. The van der Waals surface area contributed by atoms with E-state index in [0.29, 0.717) is 13.1 Å². The van der Waals surface area contributed by atoms with E-state index in [9.17, 15) is 9.59 Å².